The van der Waals surface area contributed by atoms with E-state index in [-0.39, 0.29) is 12.1 Å². The topological polar surface area (TPSA) is 54.0 Å². The monoisotopic (exact) mass is 319 g/mol. The Balaban J connectivity index is 1.34. The molecule has 1 heterocycles. The minimum absolute atomic E-state index is 0.00308. The van der Waals surface area contributed by atoms with Gasteiger partial charge in [0.25, 0.3) is 0 Å². The first-order valence-electron chi connectivity index (χ1n) is 8.63. The van der Waals surface area contributed by atoms with Crippen LogP contribution in [0.2, 0.25) is 0 Å². The molecule has 1 aromatic rings. The van der Waals surface area contributed by atoms with Crippen LogP contribution in [0.15, 0.2) is 6.20 Å². The van der Waals surface area contributed by atoms with Crippen molar-refractivity contribution >= 4 is 17.4 Å². The summed E-state index contributed by atoms with van der Waals surface area (Å²) in [6, 6.07) is 0.105. The third-order valence-electron chi connectivity index (χ3n) is 5.68. The Hall–Kier alpha value is -1.10. The molecule has 2 N–H and O–H groups in total. The van der Waals surface area contributed by atoms with Gasteiger partial charge in [0, 0.05) is 17.6 Å². The number of carbonyl (C=O) groups excluding carboxylic acids is 1. The van der Waals surface area contributed by atoms with E-state index in [4.69, 9.17) is 0 Å². The molecule has 0 spiro atoms. The minimum Gasteiger partial charge on any atom is -0.338 e. The second-order valence-electron chi connectivity index (χ2n) is 7.44. The first-order valence-corrected chi connectivity index (χ1v) is 9.45. The van der Waals surface area contributed by atoms with Gasteiger partial charge in [-0.3, -0.25) is 0 Å². The summed E-state index contributed by atoms with van der Waals surface area (Å²) in [6.45, 7) is 2.93. The van der Waals surface area contributed by atoms with Crippen LogP contribution in [0.5, 0.6) is 0 Å². The number of carbonyl (C=O) groups is 1. The second kappa shape index (κ2) is 5.52. The molecular formula is C17H25N3OS. The summed E-state index contributed by atoms with van der Waals surface area (Å²) in [6.07, 6.45) is 11.0. The van der Waals surface area contributed by atoms with Crippen molar-refractivity contribution in [3.05, 3.63) is 16.1 Å². The van der Waals surface area contributed by atoms with Gasteiger partial charge in [-0.25, -0.2) is 9.78 Å². The summed E-state index contributed by atoms with van der Waals surface area (Å²) in [5.74, 6) is 1.46. The molecule has 0 aliphatic heterocycles. The van der Waals surface area contributed by atoms with E-state index in [0.717, 1.165) is 17.5 Å². The van der Waals surface area contributed by atoms with Crippen LogP contribution in [-0.4, -0.2) is 17.6 Å². The van der Waals surface area contributed by atoms with Crippen molar-refractivity contribution in [2.45, 2.75) is 57.9 Å². The van der Waals surface area contributed by atoms with Crippen LogP contribution in [0.1, 0.15) is 60.9 Å². The Morgan fingerprint density at radius 1 is 1.41 bits per heavy atom. The van der Waals surface area contributed by atoms with E-state index in [9.17, 15) is 4.79 Å². The molecule has 0 radical (unpaired) electrons. The third kappa shape index (κ3) is 2.87. The van der Waals surface area contributed by atoms with Crippen LogP contribution in [0, 0.1) is 24.2 Å². The summed E-state index contributed by atoms with van der Waals surface area (Å²) in [7, 11) is 0. The first-order chi connectivity index (χ1) is 10.7. The molecule has 3 fully saturated rings. The highest BCUT2D eigenvalue weighted by molar-refractivity contribution is 7.11. The van der Waals surface area contributed by atoms with Gasteiger partial charge in [-0.1, -0.05) is 6.42 Å². The van der Waals surface area contributed by atoms with Gasteiger partial charge >= 0.3 is 6.03 Å². The summed E-state index contributed by atoms with van der Waals surface area (Å²) in [4.78, 5) is 18.0. The quantitative estimate of drug-likeness (QED) is 0.838. The maximum Gasteiger partial charge on any atom is 0.315 e. The number of rotatable bonds is 6. The number of urea groups is 1. The predicted molar refractivity (Wildman–Crippen MR) is 87.9 cm³/mol. The van der Waals surface area contributed by atoms with Crippen LogP contribution in [0.4, 0.5) is 4.79 Å². The van der Waals surface area contributed by atoms with Crippen molar-refractivity contribution in [2.75, 3.05) is 6.54 Å². The van der Waals surface area contributed by atoms with E-state index in [0.29, 0.717) is 11.3 Å². The largest absolute Gasteiger partial charge is 0.338 e. The molecule has 120 valence electrons. The van der Waals surface area contributed by atoms with E-state index < -0.39 is 0 Å². The molecule has 4 nitrogen and oxygen atoms in total. The molecule has 1 unspecified atom stereocenters. The number of aromatic nitrogens is 1. The Morgan fingerprint density at radius 2 is 2.18 bits per heavy atom. The lowest BCUT2D eigenvalue weighted by atomic mass is 9.65. The molecule has 3 saturated carbocycles. The fourth-order valence-corrected chi connectivity index (χ4v) is 4.75. The summed E-state index contributed by atoms with van der Waals surface area (Å²) >= 11 is 1.71. The van der Waals surface area contributed by atoms with Crippen LogP contribution >= 0.6 is 11.3 Å². The highest BCUT2D eigenvalue weighted by Gasteiger charge is 2.49. The second-order valence-corrected chi connectivity index (χ2v) is 8.71. The van der Waals surface area contributed by atoms with Crippen molar-refractivity contribution in [1.82, 2.24) is 15.6 Å². The molecule has 5 heteroatoms. The SMILES string of the molecule is Cc1cnc(C(NC(=O)NCC2(C3CC3)CCC2)C2CC2)s1. The van der Waals surface area contributed by atoms with Gasteiger partial charge in [0.1, 0.15) is 5.01 Å². The highest BCUT2D eigenvalue weighted by Crippen LogP contribution is 2.56. The molecule has 0 bridgehead atoms. The number of nitrogens with one attached hydrogen (secondary N) is 2. The summed E-state index contributed by atoms with van der Waals surface area (Å²) in [5, 5.41) is 7.42. The molecular weight excluding hydrogens is 294 g/mol. The van der Waals surface area contributed by atoms with E-state index in [1.54, 1.807) is 11.3 Å². The minimum atomic E-state index is -0.00308. The van der Waals surface area contributed by atoms with Gasteiger partial charge in [0.05, 0.1) is 6.04 Å². The highest BCUT2D eigenvalue weighted by atomic mass is 32.1. The maximum absolute atomic E-state index is 12.4. The van der Waals surface area contributed by atoms with Crippen LogP contribution in [-0.2, 0) is 0 Å². The molecule has 1 atom stereocenters. The van der Waals surface area contributed by atoms with Crippen molar-refractivity contribution in [3.8, 4) is 0 Å². The Bertz CT molecular complexity index is 558. The molecule has 1 aromatic heterocycles. The lowest BCUT2D eigenvalue weighted by Gasteiger charge is -2.42. The molecule has 4 rings (SSSR count). The predicted octanol–water partition coefficient (Wildman–Crippen LogP) is 3.78. The van der Waals surface area contributed by atoms with Crippen molar-refractivity contribution in [3.63, 3.8) is 0 Å². The van der Waals surface area contributed by atoms with E-state index >= 15 is 0 Å². The van der Waals surface area contributed by atoms with Crippen molar-refractivity contribution in [1.29, 1.82) is 0 Å². The van der Waals surface area contributed by atoms with Crippen LogP contribution in [0.3, 0.4) is 0 Å². The van der Waals surface area contributed by atoms with Gasteiger partial charge < -0.3 is 10.6 Å². The number of nitrogens with zero attached hydrogens (tertiary/aromatic N) is 1. The third-order valence-corrected chi connectivity index (χ3v) is 6.67. The zero-order chi connectivity index (χ0) is 15.2. The maximum atomic E-state index is 12.4. The average Bonchev–Trinajstić information content (AvgIpc) is 3.34. The Morgan fingerprint density at radius 3 is 2.68 bits per heavy atom. The zero-order valence-electron chi connectivity index (χ0n) is 13.2. The van der Waals surface area contributed by atoms with E-state index in [2.05, 4.69) is 22.5 Å². The van der Waals surface area contributed by atoms with Gasteiger partial charge in [0.2, 0.25) is 0 Å². The van der Waals surface area contributed by atoms with Crippen LogP contribution < -0.4 is 10.6 Å². The van der Waals surface area contributed by atoms with Gasteiger partial charge in [-0.15, -0.1) is 11.3 Å². The number of hydrogen-bond acceptors (Lipinski definition) is 3. The van der Waals surface area contributed by atoms with E-state index in [1.807, 2.05) is 6.20 Å². The number of hydrogen-bond donors (Lipinski definition) is 2. The number of thiazole rings is 1. The standard InChI is InChI=1S/C17H25N3OS/c1-11-9-18-15(22-11)14(12-3-4-12)20-16(21)19-10-17(7-2-8-17)13-5-6-13/h9,12-14H,2-8,10H2,1H3,(H2,19,20,21). The Kier molecular flexibility index (Phi) is 3.63. The average molecular weight is 319 g/mol. The Labute approximate surface area is 136 Å². The molecule has 3 aliphatic rings. The lowest BCUT2D eigenvalue weighted by molar-refractivity contribution is 0.101. The zero-order valence-corrected chi connectivity index (χ0v) is 14.0. The van der Waals surface area contributed by atoms with E-state index in [1.165, 1.54) is 49.8 Å². The fourth-order valence-electron chi connectivity index (χ4n) is 3.83. The molecule has 0 saturated heterocycles. The number of aryl methyl sites for hydroxylation is 1. The summed E-state index contributed by atoms with van der Waals surface area (Å²) < 4.78 is 0. The van der Waals surface area contributed by atoms with Gasteiger partial charge in [0.15, 0.2) is 0 Å². The van der Waals surface area contributed by atoms with Gasteiger partial charge in [-0.05, 0) is 62.7 Å². The molecule has 22 heavy (non-hydrogen) atoms. The first kappa shape index (κ1) is 14.5. The fraction of sp³-hybridized carbons (Fsp3) is 0.765. The summed E-state index contributed by atoms with van der Waals surface area (Å²) in [5.41, 5.74) is 0.435. The molecule has 2 amide bonds. The smallest absolute Gasteiger partial charge is 0.315 e. The normalized spacial score (nSPS) is 24.4. The molecule has 3 aliphatic carbocycles. The van der Waals surface area contributed by atoms with Gasteiger partial charge in [-0.2, -0.15) is 0 Å². The number of amides is 2. The van der Waals surface area contributed by atoms with Crippen molar-refractivity contribution < 1.29 is 4.79 Å². The van der Waals surface area contributed by atoms with Crippen molar-refractivity contribution in [2.24, 2.45) is 17.3 Å². The lowest BCUT2D eigenvalue weighted by Crippen LogP contribution is -2.47. The molecule has 0 aromatic carbocycles. The van der Waals surface area contributed by atoms with Crippen LogP contribution in [0.25, 0.3) is 0 Å².